The van der Waals surface area contributed by atoms with Gasteiger partial charge in [-0.3, -0.25) is 4.79 Å². The van der Waals surface area contributed by atoms with Crippen molar-refractivity contribution < 1.29 is 22.7 Å². The molecule has 0 unspecified atom stereocenters. The molecule has 0 radical (unpaired) electrons. The van der Waals surface area contributed by atoms with Gasteiger partial charge in [-0.1, -0.05) is 28.8 Å². The quantitative estimate of drug-likeness (QED) is 0.445. The highest BCUT2D eigenvalue weighted by Crippen LogP contribution is 2.41. The molecule has 0 bridgehead atoms. The predicted octanol–water partition coefficient (Wildman–Crippen LogP) is 3.23. The number of carbonyl (C=O) groups is 1. The van der Waals surface area contributed by atoms with E-state index in [0.29, 0.717) is 6.08 Å². The zero-order valence-corrected chi connectivity index (χ0v) is 9.50. The molecule has 0 heterocycles. The molecule has 0 atom stereocenters. The number of carbonyl (C=O) groups excluding carboxylic acids is 1. The van der Waals surface area contributed by atoms with E-state index in [2.05, 4.69) is 4.74 Å². The van der Waals surface area contributed by atoms with Crippen LogP contribution >= 0.6 is 23.2 Å². The first-order valence-electron chi connectivity index (χ1n) is 3.80. The maximum absolute atomic E-state index is 12.2. The summed E-state index contributed by atoms with van der Waals surface area (Å²) in [6, 6.07) is 0. The van der Waals surface area contributed by atoms with Crippen molar-refractivity contribution >= 4 is 29.2 Å². The summed E-state index contributed by atoms with van der Waals surface area (Å²) in [6.45, 7) is 1.31. The molecule has 0 aliphatic carbocycles. The third-order valence-electron chi connectivity index (χ3n) is 1.46. The number of rotatable bonds is 3. The Morgan fingerprint density at radius 3 is 2.20 bits per heavy atom. The van der Waals surface area contributed by atoms with E-state index in [-0.39, 0.29) is 12.0 Å². The number of allylic oxidation sites excluding steroid dienone is 1. The Kier molecular flexibility index (Phi) is 4.93. The largest absolute Gasteiger partial charge is 0.469 e. The van der Waals surface area contributed by atoms with Gasteiger partial charge in [0.15, 0.2) is 0 Å². The van der Waals surface area contributed by atoms with Gasteiger partial charge in [0, 0.05) is 0 Å². The van der Waals surface area contributed by atoms with Crippen molar-refractivity contribution in [2.75, 3.05) is 7.11 Å². The second-order valence-electron chi connectivity index (χ2n) is 2.86. The highest BCUT2D eigenvalue weighted by atomic mass is 35.5. The summed E-state index contributed by atoms with van der Waals surface area (Å²) in [7, 11) is 1.13. The number of hydrogen-bond donors (Lipinski definition) is 0. The van der Waals surface area contributed by atoms with E-state index < -0.39 is 16.5 Å². The van der Waals surface area contributed by atoms with Gasteiger partial charge < -0.3 is 4.74 Å². The third-order valence-corrected chi connectivity index (χ3v) is 2.10. The molecule has 88 valence electrons. The van der Waals surface area contributed by atoms with Crippen LogP contribution in [0.25, 0.3) is 0 Å². The molecule has 2 nitrogen and oxygen atoms in total. The van der Waals surface area contributed by atoms with E-state index in [9.17, 15) is 18.0 Å². The second-order valence-corrected chi connectivity index (χ2v) is 4.25. The first-order chi connectivity index (χ1) is 6.60. The Balaban J connectivity index is 4.67. The molecular formula is C8H9Cl2F3O2. The molecule has 0 fully saturated rings. The molecule has 0 saturated carbocycles. The van der Waals surface area contributed by atoms with Crippen molar-refractivity contribution in [1.29, 1.82) is 0 Å². The van der Waals surface area contributed by atoms with Crippen LogP contribution in [-0.4, -0.2) is 23.6 Å². The Morgan fingerprint density at radius 1 is 1.40 bits per heavy atom. The van der Waals surface area contributed by atoms with Crippen LogP contribution in [-0.2, 0) is 9.53 Å². The molecule has 0 saturated heterocycles. The van der Waals surface area contributed by atoms with Crippen molar-refractivity contribution in [2.24, 2.45) is 0 Å². The lowest BCUT2D eigenvalue weighted by molar-refractivity contribution is -0.140. The van der Waals surface area contributed by atoms with Gasteiger partial charge in [0.05, 0.1) is 13.5 Å². The molecular weight excluding hydrogens is 256 g/mol. The fourth-order valence-corrected chi connectivity index (χ4v) is 1.11. The van der Waals surface area contributed by atoms with Crippen LogP contribution < -0.4 is 0 Å². The maximum atomic E-state index is 12.2. The summed E-state index contributed by atoms with van der Waals surface area (Å²) in [6.07, 6.45) is -4.49. The van der Waals surface area contributed by atoms with E-state index in [0.717, 1.165) is 7.11 Å². The minimum Gasteiger partial charge on any atom is -0.469 e. The van der Waals surface area contributed by atoms with Gasteiger partial charge in [0.2, 0.25) is 4.33 Å². The molecule has 0 spiro atoms. The zero-order chi connectivity index (χ0) is 12.3. The summed E-state index contributed by atoms with van der Waals surface area (Å²) in [4.78, 5) is 10.7. The summed E-state index contributed by atoms with van der Waals surface area (Å²) in [5.41, 5.74) is 0.0872. The van der Waals surface area contributed by atoms with Crippen LogP contribution in [0.3, 0.4) is 0 Å². The lowest BCUT2D eigenvalue weighted by Crippen LogP contribution is -2.32. The lowest BCUT2D eigenvalue weighted by Gasteiger charge is -2.19. The number of hydrogen-bond acceptors (Lipinski definition) is 2. The third kappa shape index (κ3) is 4.75. The normalized spacial score (nSPS) is 13.9. The van der Waals surface area contributed by atoms with Crippen molar-refractivity contribution in [3.8, 4) is 0 Å². The van der Waals surface area contributed by atoms with E-state index in [4.69, 9.17) is 23.2 Å². The minimum atomic E-state index is -4.78. The monoisotopic (exact) mass is 264 g/mol. The van der Waals surface area contributed by atoms with Crippen molar-refractivity contribution in [2.45, 2.75) is 23.9 Å². The fourth-order valence-electron chi connectivity index (χ4n) is 0.742. The smallest absolute Gasteiger partial charge is 0.425 e. The maximum Gasteiger partial charge on any atom is 0.425 e. The summed E-state index contributed by atoms with van der Waals surface area (Å²) >= 11 is 10.1. The van der Waals surface area contributed by atoms with Gasteiger partial charge in [-0.25, -0.2) is 0 Å². The standard InChI is InChI=1S/C8H9Cl2F3O2/c1-5(3-6(14)15-2)4-7(9,10)8(11,12)13/h4H,3H2,1-2H3/b5-4+. The second kappa shape index (κ2) is 5.07. The molecule has 0 aliphatic rings. The number of halogens is 5. The van der Waals surface area contributed by atoms with Gasteiger partial charge in [-0.2, -0.15) is 13.2 Å². The number of methoxy groups -OCH3 is 1. The Labute approximate surface area is 95.0 Å². The van der Waals surface area contributed by atoms with E-state index >= 15 is 0 Å². The Morgan fingerprint density at radius 2 is 1.87 bits per heavy atom. The van der Waals surface area contributed by atoms with Gasteiger partial charge in [-0.15, -0.1) is 0 Å². The van der Waals surface area contributed by atoms with Crippen LogP contribution in [0.15, 0.2) is 11.6 Å². The summed E-state index contributed by atoms with van der Waals surface area (Å²) in [5.74, 6) is -0.657. The molecule has 0 amide bonds. The average Bonchev–Trinajstić information content (AvgIpc) is 2.00. The van der Waals surface area contributed by atoms with Crippen molar-refractivity contribution in [3.63, 3.8) is 0 Å². The van der Waals surface area contributed by atoms with Gasteiger partial charge >= 0.3 is 12.1 Å². The lowest BCUT2D eigenvalue weighted by atomic mass is 10.2. The van der Waals surface area contributed by atoms with E-state index in [1.54, 1.807) is 0 Å². The SMILES string of the molecule is COC(=O)C/C(C)=C/C(Cl)(Cl)C(F)(F)F. The first kappa shape index (κ1) is 14.6. The highest BCUT2D eigenvalue weighted by Gasteiger charge is 2.51. The summed E-state index contributed by atoms with van der Waals surface area (Å²) in [5, 5.41) is 0. The number of ether oxygens (including phenoxy) is 1. The van der Waals surface area contributed by atoms with Gasteiger partial charge in [0.1, 0.15) is 0 Å². The first-order valence-corrected chi connectivity index (χ1v) is 4.55. The van der Waals surface area contributed by atoms with E-state index in [1.807, 2.05) is 0 Å². The minimum absolute atomic E-state index is 0.0872. The van der Waals surface area contributed by atoms with Crippen LogP contribution in [0.1, 0.15) is 13.3 Å². The van der Waals surface area contributed by atoms with Gasteiger partial charge in [0.25, 0.3) is 0 Å². The van der Waals surface area contributed by atoms with Crippen LogP contribution in [0.2, 0.25) is 0 Å². The number of esters is 1. The zero-order valence-electron chi connectivity index (χ0n) is 7.99. The van der Waals surface area contributed by atoms with Crippen molar-refractivity contribution in [3.05, 3.63) is 11.6 Å². The van der Waals surface area contributed by atoms with Crippen molar-refractivity contribution in [1.82, 2.24) is 0 Å². The predicted molar refractivity (Wildman–Crippen MR) is 50.9 cm³/mol. The molecule has 0 N–H and O–H groups in total. The van der Waals surface area contributed by atoms with Gasteiger partial charge in [-0.05, 0) is 13.0 Å². The molecule has 0 aromatic rings. The topological polar surface area (TPSA) is 26.3 Å². The van der Waals surface area contributed by atoms with Crippen LogP contribution in [0.5, 0.6) is 0 Å². The number of alkyl halides is 5. The molecule has 0 aromatic carbocycles. The molecule has 0 aliphatic heterocycles. The van der Waals surface area contributed by atoms with Crippen LogP contribution in [0, 0.1) is 0 Å². The Hall–Kier alpha value is -0.420. The molecule has 7 heteroatoms. The average molecular weight is 265 g/mol. The van der Waals surface area contributed by atoms with E-state index in [1.165, 1.54) is 6.92 Å². The summed E-state index contributed by atoms with van der Waals surface area (Å²) < 4.78 is 37.9. The molecule has 15 heavy (non-hydrogen) atoms. The Bertz CT molecular complexity index is 272. The molecule has 0 aromatic heterocycles. The highest BCUT2D eigenvalue weighted by molar-refractivity contribution is 6.50. The fraction of sp³-hybridized carbons (Fsp3) is 0.625. The molecule has 0 rings (SSSR count). The van der Waals surface area contributed by atoms with Crippen LogP contribution in [0.4, 0.5) is 13.2 Å².